The number of nitrogens with one attached hydrogen (secondary N) is 1. The number of hydrogen-bond donors (Lipinski definition) is 2. The van der Waals surface area contributed by atoms with Gasteiger partial charge in [0.15, 0.2) is 23.0 Å². The molecular weight excluding hydrogens is 512 g/mol. The number of anilines is 2. The number of ketones is 1. The molecule has 0 amide bonds. The Morgan fingerprint density at radius 3 is 2.42 bits per heavy atom. The van der Waals surface area contributed by atoms with Crippen LogP contribution in [0.3, 0.4) is 0 Å². The van der Waals surface area contributed by atoms with E-state index in [1.54, 1.807) is 21.3 Å². The molecule has 10 heteroatoms. The van der Waals surface area contributed by atoms with E-state index >= 15 is 0 Å². The average Bonchev–Trinajstić information content (AvgIpc) is 3.44. The Labute approximate surface area is 232 Å². The fourth-order valence-corrected chi connectivity index (χ4v) is 5.79. The summed E-state index contributed by atoms with van der Waals surface area (Å²) in [4.78, 5) is 18.2. The van der Waals surface area contributed by atoms with E-state index in [0.717, 1.165) is 48.4 Å². The van der Waals surface area contributed by atoms with Gasteiger partial charge in [-0.15, -0.1) is 0 Å². The van der Waals surface area contributed by atoms with Crippen molar-refractivity contribution in [3.05, 3.63) is 59.2 Å². The number of carbonyl (C=O) groups excluding carboxylic acids is 1. The smallest absolute Gasteiger partial charge is 0.203 e. The molecule has 208 valence electrons. The van der Waals surface area contributed by atoms with Crippen LogP contribution in [0.25, 0.3) is 22.2 Å². The number of fused-ring (bicyclic) bond motifs is 2. The Hall–Kier alpha value is -4.28. The van der Waals surface area contributed by atoms with Crippen LogP contribution in [0, 0.1) is 0 Å². The summed E-state index contributed by atoms with van der Waals surface area (Å²) in [6.07, 6.45) is 0. The zero-order chi connectivity index (χ0) is 27.8. The Morgan fingerprint density at radius 1 is 0.975 bits per heavy atom. The number of benzene rings is 3. The second-order valence-corrected chi connectivity index (χ2v) is 9.84. The molecule has 0 atom stereocenters. The van der Waals surface area contributed by atoms with Crippen molar-refractivity contribution >= 4 is 28.1 Å². The summed E-state index contributed by atoms with van der Waals surface area (Å²) in [5.41, 5.74) is 5.17. The topological polar surface area (TPSA) is 110 Å². The first-order valence-electron chi connectivity index (χ1n) is 13.3. The lowest BCUT2D eigenvalue weighted by Gasteiger charge is -2.36. The first-order valence-corrected chi connectivity index (χ1v) is 13.3. The molecule has 0 bridgehead atoms. The van der Waals surface area contributed by atoms with Gasteiger partial charge in [-0.3, -0.25) is 9.69 Å². The maximum atomic E-state index is 13.6. The number of piperazine rings is 1. The summed E-state index contributed by atoms with van der Waals surface area (Å²) in [7, 11) is 4.86. The summed E-state index contributed by atoms with van der Waals surface area (Å²) < 4.78 is 22.5. The number of carbonyl (C=O) groups is 1. The van der Waals surface area contributed by atoms with E-state index in [9.17, 15) is 9.90 Å². The number of aliphatic hydroxyl groups excluding tert-OH is 1. The van der Waals surface area contributed by atoms with Crippen molar-refractivity contribution in [1.29, 1.82) is 0 Å². The molecular formula is C30H32N4O6. The van der Waals surface area contributed by atoms with Gasteiger partial charge >= 0.3 is 0 Å². The molecule has 40 heavy (non-hydrogen) atoms. The zero-order valence-electron chi connectivity index (χ0n) is 22.8. The van der Waals surface area contributed by atoms with Crippen LogP contribution in [-0.4, -0.2) is 81.6 Å². The van der Waals surface area contributed by atoms with Gasteiger partial charge in [0.25, 0.3) is 0 Å². The van der Waals surface area contributed by atoms with E-state index in [0.29, 0.717) is 58.4 Å². The number of aliphatic hydroxyl groups is 1. The quantitative estimate of drug-likeness (QED) is 0.284. The van der Waals surface area contributed by atoms with Crippen molar-refractivity contribution in [3.63, 3.8) is 0 Å². The van der Waals surface area contributed by atoms with Crippen molar-refractivity contribution in [1.82, 2.24) is 10.1 Å². The molecule has 1 fully saturated rings. The molecule has 6 rings (SSSR count). The molecule has 2 N–H and O–H groups in total. The van der Waals surface area contributed by atoms with Crippen molar-refractivity contribution in [2.24, 2.45) is 0 Å². The van der Waals surface area contributed by atoms with E-state index in [1.165, 1.54) is 0 Å². The molecule has 2 aliphatic rings. The standard InChI is InChI=1S/C30H32N4O6/c1-37-23-9-8-18(28(38-2)30(23)39-3)17-33-11-13-34(14-12-33)22-16-21(31-10-15-35)24-25-26(22)32-40-29(25)20-7-5-4-6-19(20)27(24)36/h4-9,16,31,35H,10-15,17H2,1-3H3. The Bertz CT molecular complexity index is 1570. The number of methoxy groups -OCH3 is 3. The van der Waals surface area contributed by atoms with Gasteiger partial charge in [0.1, 0.15) is 5.52 Å². The monoisotopic (exact) mass is 544 g/mol. The highest BCUT2D eigenvalue weighted by molar-refractivity contribution is 6.28. The molecule has 1 aromatic heterocycles. The first-order chi connectivity index (χ1) is 19.6. The second kappa shape index (κ2) is 10.7. The molecule has 1 aliphatic heterocycles. The van der Waals surface area contributed by atoms with Crippen LogP contribution >= 0.6 is 0 Å². The molecule has 1 saturated heterocycles. The largest absolute Gasteiger partial charge is 0.493 e. The minimum Gasteiger partial charge on any atom is -0.493 e. The van der Waals surface area contributed by atoms with Crippen molar-refractivity contribution in [3.8, 4) is 28.6 Å². The van der Waals surface area contributed by atoms with Gasteiger partial charge in [-0.25, -0.2) is 0 Å². The Balaban J connectivity index is 1.30. The van der Waals surface area contributed by atoms with Gasteiger partial charge in [0.05, 0.1) is 44.6 Å². The lowest BCUT2D eigenvalue weighted by Crippen LogP contribution is -2.46. The van der Waals surface area contributed by atoms with Gasteiger partial charge in [0, 0.05) is 61.6 Å². The number of aromatic nitrogens is 1. The van der Waals surface area contributed by atoms with Crippen molar-refractivity contribution in [2.45, 2.75) is 6.54 Å². The number of ether oxygens (including phenoxy) is 3. The van der Waals surface area contributed by atoms with Gasteiger partial charge in [0.2, 0.25) is 5.75 Å². The molecule has 0 radical (unpaired) electrons. The third kappa shape index (κ3) is 4.20. The van der Waals surface area contributed by atoms with Crippen LogP contribution in [0.2, 0.25) is 0 Å². The molecule has 0 unspecified atom stereocenters. The molecule has 1 aliphatic carbocycles. The molecule has 10 nitrogen and oxygen atoms in total. The number of hydrogen-bond acceptors (Lipinski definition) is 10. The van der Waals surface area contributed by atoms with Crippen LogP contribution in [-0.2, 0) is 6.54 Å². The van der Waals surface area contributed by atoms with Gasteiger partial charge < -0.3 is 34.1 Å². The highest BCUT2D eigenvalue weighted by Crippen LogP contribution is 2.46. The minimum atomic E-state index is -0.0722. The summed E-state index contributed by atoms with van der Waals surface area (Å²) in [6.45, 7) is 4.13. The molecule has 4 aromatic rings. The summed E-state index contributed by atoms with van der Waals surface area (Å²) in [5, 5.41) is 17.9. The predicted molar refractivity (Wildman–Crippen MR) is 152 cm³/mol. The number of nitrogens with zero attached hydrogens (tertiary/aromatic N) is 3. The average molecular weight is 545 g/mol. The minimum absolute atomic E-state index is 0.0492. The maximum Gasteiger partial charge on any atom is 0.203 e. The summed E-state index contributed by atoms with van der Waals surface area (Å²) in [5.74, 6) is 2.43. The van der Waals surface area contributed by atoms with E-state index in [2.05, 4.69) is 20.3 Å². The van der Waals surface area contributed by atoms with Crippen LogP contribution in [0.4, 0.5) is 11.4 Å². The third-order valence-electron chi connectivity index (χ3n) is 7.70. The molecule has 0 saturated carbocycles. The molecule has 3 aromatic carbocycles. The SMILES string of the molecule is COc1ccc(CN2CCN(c3cc(NCCO)c4c5c(onc35)-c3ccccc3C4=O)CC2)c(OC)c1OC. The van der Waals surface area contributed by atoms with Crippen molar-refractivity contribution < 1.29 is 28.6 Å². The first kappa shape index (κ1) is 26.0. The maximum absolute atomic E-state index is 13.6. The van der Waals surface area contributed by atoms with Crippen LogP contribution in [0.5, 0.6) is 17.2 Å². The highest BCUT2D eigenvalue weighted by Gasteiger charge is 2.34. The number of rotatable bonds is 9. The Kier molecular flexibility index (Phi) is 6.95. The third-order valence-corrected chi connectivity index (χ3v) is 7.70. The highest BCUT2D eigenvalue weighted by atomic mass is 16.5. The summed E-state index contributed by atoms with van der Waals surface area (Å²) in [6, 6.07) is 13.3. The van der Waals surface area contributed by atoms with Crippen LogP contribution < -0.4 is 24.4 Å². The predicted octanol–water partition coefficient (Wildman–Crippen LogP) is 3.79. The fraction of sp³-hybridized carbons (Fsp3) is 0.333. The van der Waals surface area contributed by atoms with E-state index in [-0.39, 0.29) is 12.4 Å². The second-order valence-electron chi connectivity index (χ2n) is 9.84. The Morgan fingerprint density at radius 2 is 1.73 bits per heavy atom. The summed E-state index contributed by atoms with van der Waals surface area (Å²) >= 11 is 0. The van der Waals surface area contributed by atoms with E-state index < -0.39 is 0 Å². The normalized spacial score (nSPS) is 14.8. The van der Waals surface area contributed by atoms with Gasteiger partial charge in [-0.2, -0.15) is 0 Å². The van der Waals surface area contributed by atoms with Gasteiger partial charge in [-0.05, 0) is 12.1 Å². The lowest BCUT2D eigenvalue weighted by molar-refractivity contribution is 0.104. The van der Waals surface area contributed by atoms with Crippen LogP contribution in [0.1, 0.15) is 21.5 Å². The molecule has 0 spiro atoms. The zero-order valence-corrected chi connectivity index (χ0v) is 22.8. The van der Waals surface area contributed by atoms with Gasteiger partial charge in [-0.1, -0.05) is 35.5 Å². The van der Waals surface area contributed by atoms with Crippen LogP contribution in [0.15, 0.2) is 47.0 Å². The van der Waals surface area contributed by atoms with Crippen molar-refractivity contribution in [2.75, 3.05) is 70.9 Å². The lowest BCUT2D eigenvalue weighted by atomic mass is 9.86. The van der Waals surface area contributed by atoms with E-state index in [1.807, 2.05) is 42.5 Å². The fourth-order valence-electron chi connectivity index (χ4n) is 5.79. The molecule has 2 heterocycles. The van der Waals surface area contributed by atoms with E-state index in [4.69, 9.17) is 18.7 Å².